The Morgan fingerprint density at radius 1 is 1.20 bits per heavy atom. The van der Waals surface area contributed by atoms with Crippen LogP contribution in [-0.2, 0) is 6.54 Å². The first-order valence-corrected chi connectivity index (χ1v) is 7.51. The molecule has 20 heavy (non-hydrogen) atoms. The third-order valence-electron chi connectivity index (χ3n) is 2.67. The molecule has 1 aromatic heterocycles. The molecule has 0 radical (unpaired) electrons. The molecule has 0 saturated heterocycles. The summed E-state index contributed by atoms with van der Waals surface area (Å²) in [6.45, 7) is 0.831. The van der Waals surface area contributed by atoms with E-state index in [9.17, 15) is 4.79 Å². The van der Waals surface area contributed by atoms with Gasteiger partial charge in [0.1, 0.15) is 6.61 Å². The molecule has 4 nitrogen and oxygen atoms in total. The fourth-order valence-electron chi connectivity index (χ4n) is 1.72. The van der Waals surface area contributed by atoms with E-state index in [4.69, 9.17) is 9.47 Å². The highest BCUT2D eigenvalue weighted by molar-refractivity contribution is 9.11. The molecule has 0 amide bonds. The zero-order chi connectivity index (χ0) is 14.5. The van der Waals surface area contributed by atoms with Gasteiger partial charge in [-0.2, -0.15) is 0 Å². The molecule has 0 fully saturated rings. The Bertz CT molecular complexity index is 655. The number of benzene rings is 1. The number of ether oxygens (including phenoxy) is 2. The van der Waals surface area contributed by atoms with Gasteiger partial charge < -0.3 is 14.0 Å². The van der Waals surface area contributed by atoms with Gasteiger partial charge in [0.15, 0.2) is 11.5 Å². The van der Waals surface area contributed by atoms with E-state index < -0.39 is 0 Å². The van der Waals surface area contributed by atoms with E-state index in [0.717, 1.165) is 4.47 Å². The summed E-state index contributed by atoms with van der Waals surface area (Å²) in [4.78, 5) is 11.9. The Labute approximate surface area is 133 Å². The second-order valence-electron chi connectivity index (χ2n) is 4.00. The van der Waals surface area contributed by atoms with E-state index in [0.29, 0.717) is 29.1 Å². The van der Waals surface area contributed by atoms with Gasteiger partial charge in [-0.3, -0.25) is 4.79 Å². The number of rotatable bonds is 5. The van der Waals surface area contributed by atoms with E-state index in [2.05, 4.69) is 31.9 Å². The highest BCUT2D eigenvalue weighted by atomic mass is 79.9. The van der Waals surface area contributed by atoms with Crippen LogP contribution in [0.4, 0.5) is 0 Å². The molecule has 2 aromatic rings. The Morgan fingerprint density at radius 2 is 1.90 bits per heavy atom. The number of halogens is 2. The largest absolute Gasteiger partial charge is 0.493 e. The third-order valence-corrected chi connectivity index (χ3v) is 3.67. The summed E-state index contributed by atoms with van der Waals surface area (Å²) in [6, 6.07) is 9.14. The van der Waals surface area contributed by atoms with Crippen LogP contribution in [0.3, 0.4) is 0 Å². The molecule has 0 spiro atoms. The predicted octanol–water partition coefficient (Wildman–Crippen LogP) is 3.46. The number of aromatic nitrogens is 1. The number of hydrogen-bond donors (Lipinski definition) is 0. The number of hydrogen-bond acceptors (Lipinski definition) is 3. The SMILES string of the molecule is COc1ccccc1OCCn1cc(Br)cc(Br)c1=O. The second kappa shape index (κ2) is 6.95. The standard InChI is InChI=1S/C14H13Br2NO3/c1-19-12-4-2-3-5-13(12)20-7-6-17-9-10(15)8-11(16)14(17)18/h2-5,8-9H,6-7H2,1H3. The summed E-state index contributed by atoms with van der Waals surface area (Å²) < 4.78 is 13.8. The highest BCUT2D eigenvalue weighted by Crippen LogP contribution is 2.25. The molecule has 0 saturated carbocycles. The van der Waals surface area contributed by atoms with Crippen molar-refractivity contribution >= 4 is 31.9 Å². The van der Waals surface area contributed by atoms with E-state index >= 15 is 0 Å². The Hall–Kier alpha value is -1.27. The fraction of sp³-hybridized carbons (Fsp3) is 0.214. The van der Waals surface area contributed by atoms with Crippen molar-refractivity contribution in [1.82, 2.24) is 4.57 Å². The molecule has 6 heteroatoms. The maximum atomic E-state index is 11.9. The lowest BCUT2D eigenvalue weighted by Gasteiger charge is -2.11. The van der Waals surface area contributed by atoms with Gasteiger partial charge in [-0.1, -0.05) is 12.1 Å². The molecule has 0 N–H and O–H groups in total. The second-order valence-corrected chi connectivity index (χ2v) is 5.77. The van der Waals surface area contributed by atoms with Gasteiger partial charge in [-0.25, -0.2) is 0 Å². The molecule has 1 heterocycles. The number of pyridine rings is 1. The van der Waals surface area contributed by atoms with Crippen LogP contribution in [0.2, 0.25) is 0 Å². The average molecular weight is 403 g/mol. The van der Waals surface area contributed by atoms with Crippen molar-refractivity contribution in [2.75, 3.05) is 13.7 Å². The molecule has 106 valence electrons. The quantitative estimate of drug-likeness (QED) is 0.768. The van der Waals surface area contributed by atoms with Gasteiger partial charge in [0.2, 0.25) is 0 Å². The minimum Gasteiger partial charge on any atom is -0.493 e. The van der Waals surface area contributed by atoms with Crippen molar-refractivity contribution in [1.29, 1.82) is 0 Å². The van der Waals surface area contributed by atoms with Crippen molar-refractivity contribution in [3.05, 3.63) is 55.8 Å². The smallest absolute Gasteiger partial charge is 0.265 e. The maximum absolute atomic E-state index is 11.9. The average Bonchev–Trinajstić information content (AvgIpc) is 2.44. The van der Waals surface area contributed by atoms with Crippen molar-refractivity contribution in [2.45, 2.75) is 6.54 Å². The summed E-state index contributed by atoms with van der Waals surface area (Å²) in [5, 5.41) is 0. The lowest BCUT2D eigenvalue weighted by Crippen LogP contribution is -2.23. The van der Waals surface area contributed by atoms with Crippen LogP contribution in [0.5, 0.6) is 11.5 Å². The summed E-state index contributed by atoms with van der Waals surface area (Å²) >= 11 is 6.59. The lowest BCUT2D eigenvalue weighted by atomic mass is 10.3. The van der Waals surface area contributed by atoms with E-state index in [-0.39, 0.29) is 5.56 Å². The van der Waals surface area contributed by atoms with Crippen LogP contribution in [0.1, 0.15) is 0 Å². The molecule has 2 rings (SSSR count). The van der Waals surface area contributed by atoms with Crippen LogP contribution >= 0.6 is 31.9 Å². The molecular formula is C14H13Br2NO3. The van der Waals surface area contributed by atoms with Gasteiger partial charge in [0.25, 0.3) is 5.56 Å². The van der Waals surface area contributed by atoms with E-state index in [1.54, 1.807) is 23.9 Å². The Kier molecular flexibility index (Phi) is 5.25. The van der Waals surface area contributed by atoms with Gasteiger partial charge >= 0.3 is 0 Å². The Balaban J connectivity index is 2.05. The Morgan fingerprint density at radius 3 is 2.60 bits per heavy atom. The molecule has 0 bridgehead atoms. The molecule has 0 aliphatic rings. The minimum atomic E-state index is -0.0863. The summed E-state index contributed by atoms with van der Waals surface area (Å²) in [5.74, 6) is 1.34. The summed E-state index contributed by atoms with van der Waals surface area (Å²) in [6.07, 6.45) is 1.73. The first kappa shape index (κ1) is 15.1. The zero-order valence-electron chi connectivity index (χ0n) is 10.8. The molecular weight excluding hydrogens is 390 g/mol. The normalized spacial score (nSPS) is 10.3. The van der Waals surface area contributed by atoms with Crippen molar-refractivity contribution in [3.63, 3.8) is 0 Å². The summed E-state index contributed by atoms with van der Waals surface area (Å²) in [5.41, 5.74) is -0.0863. The first-order chi connectivity index (χ1) is 9.61. The van der Waals surface area contributed by atoms with Gasteiger partial charge in [0, 0.05) is 10.7 Å². The molecule has 0 aliphatic carbocycles. The van der Waals surface area contributed by atoms with Crippen LogP contribution in [0, 0.1) is 0 Å². The van der Waals surface area contributed by atoms with E-state index in [1.807, 2.05) is 24.3 Å². The number of methoxy groups -OCH3 is 1. The molecule has 1 aromatic carbocycles. The first-order valence-electron chi connectivity index (χ1n) is 5.93. The predicted molar refractivity (Wildman–Crippen MR) is 84.6 cm³/mol. The van der Waals surface area contributed by atoms with Gasteiger partial charge in [-0.15, -0.1) is 0 Å². The van der Waals surface area contributed by atoms with Gasteiger partial charge in [0.05, 0.1) is 18.1 Å². The maximum Gasteiger partial charge on any atom is 0.265 e. The number of nitrogens with zero attached hydrogens (tertiary/aromatic N) is 1. The van der Waals surface area contributed by atoms with Crippen LogP contribution < -0.4 is 15.0 Å². The van der Waals surface area contributed by atoms with E-state index in [1.165, 1.54) is 0 Å². The third kappa shape index (κ3) is 3.64. The van der Waals surface area contributed by atoms with Crippen LogP contribution in [0.15, 0.2) is 50.3 Å². The molecule has 0 atom stereocenters. The lowest BCUT2D eigenvalue weighted by molar-refractivity contribution is 0.278. The molecule has 0 unspecified atom stereocenters. The number of para-hydroxylation sites is 2. The minimum absolute atomic E-state index is 0.0863. The fourth-order valence-corrected chi connectivity index (χ4v) is 2.98. The van der Waals surface area contributed by atoms with Gasteiger partial charge in [-0.05, 0) is 50.1 Å². The highest BCUT2D eigenvalue weighted by Gasteiger charge is 2.05. The van der Waals surface area contributed by atoms with Crippen molar-refractivity contribution in [3.8, 4) is 11.5 Å². The monoisotopic (exact) mass is 401 g/mol. The van der Waals surface area contributed by atoms with Crippen molar-refractivity contribution < 1.29 is 9.47 Å². The zero-order valence-corrected chi connectivity index (χ0v) is 14.0. The van der Waals surface area contributed by atoms with Crippen molar-refractivity contribution in [2.24, 2.45) is 0 Å². The van der Waals surface area contributed by atoms with Crippen LogP contribution in [0.25, 0.3) is 0 Å². The molecule has 0 aliphatic heterocycles. The van der Waals surface area contributed by atoms with Crippen LogP contribution in [-0.4, -0.2) is 18.3 Å². The topological polar surface area (TPSA) is 40.5 Å². The summed E-state index contributed by atoms with van der Waals surface area (Å²) in [7, 11) is 1.60.